The van der Waals surface area contributed by atoms with Gasteiger partial charge in [0.15, 0.2) is 22.8 Å². The Hall–Kier alpha value is -5.48. The van der Waals surface area contributed by atoms with Gasteiger partial charge in [0.2, 0.25) is 0 Å². The van der Waals surface area contributed by atoms with Crippen molar-refractivity contribution in [1.29, 1.82) is 21.0 Å². The fourth-order valence-electron chi connectivity index (χ4n) is 5.15. The minimum atomic E-state index is -0.0544. The van der Waals surface area contributed by atoms with Gasteiger partial charge in [-0.1, -0.05) is 30.3 Å². The van der Waals surface area contributed by atoms with Crippen LogP contribution < -0.4 is 0 Å². The van der Waals surface area contributed by atoms with Crippen molar-refractivity contribution < 1.29 is 5.11 Å². The maximum absolute atomic E-state index is 9.68. The second-order valence-electron chi connectivity index (χ2n) is 8.61. The van der Waals surface area contributed by atoms with Crippen molar-refractivity contribution in [2.24, 2.45) is 0 Å². The van der Waals surface area contributed by atoms with E-state index in [9.17, 15) is 26.2 Å². The summed E-state index contributed by atoms with van der Waals surface area (Å²) >= 11 is 0. The lowest BCUT2D eigenvalue weighted by Gasteiger charge is -2.18. The Morgan fingerprint density at radius 1 is 0.568 bits per heavy atom. The number of nitrogens with zero attached hydrogens (tertiary/aromatic N) is 8. The van der Waals surface area contributed by atoms with Crippen LogP contribution in [0.15, 0.2) is 30.3 Å². The molecule has 0 radical (unpaired) electrons. The van der Waals surface area contributed by atoms with Crippen LogP contribution in [0.1, 0.15) is 41.2 Å². The molecule has 37 heavy (non-hydrogen) atoms. The van der Waals surface area contributed by atoms with Crippen molar-refractivity contribution in [1.82, 2.24) is 19.9 Å². The smallest absolute Gasteiger partial charge is 0.177 e. The molecule has 0 spiro atoms. The van der Waals surface area contributed by atoms with E-state index >= 15 is 0 Å². The van der Waals surface area contributed by atoms with Gasteiger partial charge in [-0.05, 0) is 24.8 Å². The maximum atomic E-state index is 9.68. The molecule has 0 bridgehead atoms. The zero-order chi connectivity index (χ0) is 25.7. The molecule has 2 aromatic heterocycles. The maximum Gasteiger partial charge on any atom is 0.177 e. The lowest BCUT2D eigenvalue weighted by Crippen LogP contribution is -2.02. The van der Waals surface area contributed by atoms with E-state index in [1.807, 2.05) is 54.6 Å². The van der Waals surface area contributed by atoms with E-state index in [0.29, 0.717) is 34.9 Å². The Morgan fingerprint density at radius 3 is 1.57 bits per heavy atom. The van der Waals surface area contributed by atoms with E-state index in [1.165, 1.54) is 0 Å². The normalized spacial score (nSPS) is 11.2. The molecule has 0 aliphatic rings. The Labute approximate surface area is 209 Å². The first-order chi connectivity index (χ1) is 18.1. The third kappa shape index (κ3) is 3.03. The highest BCUT2D eigenvalue weighted by Gasteiger charge is 2.23. The number of aliphatic hydroxyl groups excluding tert-OH is 1. The molecule has 9 nitrogen and oxygen atoms in total. The Balaban J connectivity index is 1.94. The minimum Gasteiger partial charge on any atom is -0.396 e. The minimum absolute atomic E-state index is 0.0513. The van der Waals surface area contributed by atoms with Crippen LogP contribution in [0.3, 0.4) is 0 Å². The SMILES string of the molecule is N#Cc1nc2c3cccc4c5nc(C#N)c(C#N)nc5c5c(CCCCO)ccc(c2nc1C#N)c5c34. The number of aliphatic hydroxyl groups is 1. The molecule has 9 heteroatoms. The van der Waals surface area contributed by atoms with Gasteiger partial charge >= 0.3 is 0 Å². The first-order valence-corrected chi connectivity index (χ1v) is 11.5. The average molecular weight is 478 g/mol. The number of hydrogen-bond donors (Lipinski definition) is 1. The van der Waals surface area contributed by atoms with E-state index < -0.39 is 0 Å². The molecule has 0 unspecified atom stereocenters. The molecule has 1 N–H and O–H groups in total. The number of unbranched alkanes of at least 4 members (excludes halogenated alkanes) is 1. The average Bonchev–Trinajstić information content (AvgIpc) is 2.95. The Bertz CT molecular complexity index is 2090. The van der Waals surface area contributed by atoms with E-state index in [-0.39, 0.29) is 29.4 Å². The number of nitriles is 4. The monoisotopic (exact) mass is 478 g/mol. The summed E-state index contributed by atoms with van der Waals surface area (Å²) in [5.41, 5.74) is 2.72. The summed E-state index contributed by atoms with van der Waals surface area (Å²) in [6, 6.07) is 17.4. The number of benzene rings is 4. The van der Waals surface area contributed by atoms with Crippen molar-refractivity contribution in [2.75, 3.05) is 6.61 Å². The summed E-state index contributed by atoms with van der Waals surface area (Å²) in [7, 11) is 0. The van der Waals surface area contributed by atoms with Crippen LogP contribution in [0.2, 0.25) is 0 Å². The fraction of sp³-hybridized carbons (Fsp3) is 0.143. The third-order valence-corrected chi connectivity index (χ3v) is 6.68. The predicted molar refractivity (Wildman–Crippen MR) is 135 cm³/mol. The van der Waals surface area contributed by atoms with Gasteiger partial charge in [0.1, 0.15) is 24.3 Å². The molecule has 0 atom stereocenters. The first-order valence-electron chi connectivity index (χ1n) is 11.5. The number of fused-ring (bicyclic) bond motifs is 6. The first kappa shape index (κ1) is 22.0. The topological polar surface area (TPSA) is 167 Å². The van der Waals surface area contributed by atoms with Crippen LogP contribution in [0.4, 0.5) is 0 Å². The zero-order valence-corrected chi connectivity index (χ0v) is 19.2. The van der Waals surface area contributed by atoms with E-state index in [4.69, 9.17) is 0 Å². The summed E-state index contributed by atoms with van der Waals surface area (Å²) in [6.07, 6.45) is 2.02. The van der Waals surface area contributed by atoms with Crippen LogP contribution in [0, 0.1) is 45.3 Å². The van der Waals surface area contributed by atoms with Gasteiger partial charge in [-0.3, -0.25) is 0 Å². The molecule has 172 valence electrons. The molecule has 0 amide bonds. The Morgan fingerprint density at radius 2 is 1.05 bits per heavy atom. The van der Waals surface area contributed by atoms with Gasteiger partial charge < -0.3 is 5.11 Å². The predicted octanol–water partition coefficient (Wildman–Crippen LogP) is 4.27. The molecule has 0 fully saturated rings. The highest BCUT2D eigenvalue weighted by Crippen LogP contribution is 2.44. The van der Waals surface area contributed by atoms with Crippen molar-refractivity contribution in [2.45, 2.75) is 19.3 Å². The molecule has 6 aromatic rings. The Kier molecular flexibility index (Phi) is 4.95. The molecule has 4 aromatic carbocycles. The second kappa shape index (κ2) is 8.33. The fourth-order valence-corrected chi connectivity index (χ4v) is 5.15. The van der Waals surface area contributed by atoms with Crippen molar-refractivity contribution in [3.8, 4) is 24.3 Å². The van der Waals surface area contributed by atoms with Crippen LogP contribution in [0.25, 0.3) is 54.4 Å². The summed E-state index contributed by atoms with van der Waals surface area (Å²) in [4.78, 5) is 18.3. The number of aryl methyl sites for hydroxylation is 1. The summed E-state index contributed by atoms with van der Waals surface area (Å²) in [6.45, 7) is 0.0783. The molecule has 2 heterocycles. The molecular formula is C28H14N8O. The molecule has 0 aliphatic carbocycles. The van der Waals surface area contributed by atoms with E-state index in [1.54, 1.807) is 0 Å². The highest BCUT2D eigenvalue weighted by molar-refractivity contribution is 6.38. The number of hydrogen-bond acceptors (Lipinski definition) is 9. The summed E-state index contributed by atoms with van der Waals surface area (Å²) < 4.78 is 0. The molecule has 0 aliphatic heterocycles. The van der Waals surface area contributed by atoms with Crippen molar-refractivity contribution >= 4 is 54.4 Å². The van der Waals surface area contributed by atoms with Gasteiger partial charge in [-0.25, -0.2) is 19.9 Å². The van der Waals surface area contributed by atoms with Gasteiger partial charge in [0.25, 0.3) is 0 Å². The van der Waals surface area contributed by atoms with Crippen molar-refractivity contribution in [3.05, 3.63) is 58.7 Å². The largest absolute Gasteiger partial charge is 0.396 e. The molecule has 0 saturated heterocycles. The quantitative estimate of drug-likeness (QED) is 0.221. The van der Waals surface area contributed by atoms with Gasteiger partial charge in [0, 0.05) is 38.9 Å². The van der Waals surface area contributed by atoms with Crippen LogP contribution in [0.5, 0.6) is 0 Å². The summed E-state index contributed by atoms with van der Waals surface area (Å²) in [5, 5.41) is 52.5. The van der Waals surface area contributed by atoms with Crippen LogP contribution in [-0.4, -0.2) is 31.6 Å². The molecule has 6 rings (SSSR count). The van der Waals surface area contributed by atoms with Gasteiger partial charge in [0.05, 0.1) is 22.1 Å². The standard InChI is InChI=1S/C28H14N8O/c29-10-18-19(11-30)34-26-17-8-7-14(4-1-2-9-37)22-24(17)23-15(25(26)33-18)5-3-6-16(23)27-28(22)36-21(13-32)20(12-31)35-27/h3,5-8,37H,1-2,4,9H2. The highest BCUT2D eigenvalue weighted by atomic mass is 16.2. The van der Waals surface area contributed by atoms with E-state index in [0.717, 1.165) is 44.3 Å². The molecular weight excluding hydrogens is 464 g/mol. The van der Waals surface area contributed by atoms with E-state index in [2.05, 4.69) is 19.9 Å². The number of rotatable bonds is 4. The van der Waals surface area contributed by atoms with Crippen molar-refractivity contribution in [3.63, 3.8) is 0 Å². The summed E-state index contributed by atoms with van der Waals surface area (Å²) in [5.74, 6) is 0. The van der Waals surface area contributed by atoms with Gasteiger partial charge in [-0.2, -0.15) is 21.0 Å². The van der Waals surface area contributed by atoms with Gasteiger partial charge in [-0.15, -0.1) is 0 Å². The third-order valence-electron chi connectivity index (χ3n) is 6.68. The zero-order valence-electron chi connectivity index (χ0n) is 19.2. The lowest BCUT2D eigenvalue weighted by atomic mass is 9.88. The van der Waals surface area contributed by atoms with Crippen LogP contribution in [-0.2, 0) is 6.42 Å². The number of aromatic nitrogens is 4. The van der Waals surface area contributed by atoms with Crippen LogP contribution >= 0.6 is 0 Å². The second-order valence-corrected chi connectivity index (χ2v) is 8.61. The lowest BCUT2D eigenvalue weighted by molar-refractivity contribution is 0.284. The molecule has 0 saturated carbocycles.